The maximum absolute atomic E-state index is 14.4. The Morgan fingerprint density at radius 2 is 2.11 bits per heavy atom. The monoisotopic (exact) mass is 521 g/mol. The van der Waals surface area contributed by atoms with Crippen LogP contribution in [0.3, 0.4) is 0 Å². The Bertz CT molecular complexity index is 1310. The second-order valence-corrected chi connectivity index (χ2v) is 11.2. The highest BCUT2D eigenvalue weighted by Gasteiger charge is 2.47. The Balaban J connectivity index is 1.21. The number of fused-ring (bicyclic) bond motifs is 1. The number of nitrogens with one attached hydrogen (secondary N) is 1. The van der Waals surface area contributed by atoms with E-state index in [0.717, 1.165) is 22.4 Å². The van der Waals surface area contributed by atoms with Crippen molar-refractivity contribution in [2.45, 2.75) is 83.3 Å². The number of benzene rings is 1. The molecule has 1 aromatic carbocycles. The largest absolute Gasteiger partial charge is 0.344 e. The van der Waals surface area contributed by atoms with Gasteiger partial charge < -0.3 is 15.1 Å². The van der Waals surface area contributed by atoms with Crippen LogP contribution in [0.2, 0.25) is 0 Å². The fourth-order valence-corrected chi connectivity index (χ4v) is 5.65. The molecule has 5 rings (SSSR count). The van der Waals surface area contributed by atoms with E-state index in [1.807, 2.05) is 30.5 Å². The van der Waals surface area contributed by atoms with E-state index in [9.17, 15) is 24.0 Å². The topological polar surface area (TPSA) is 124 Å². The zero-order chi connectivity index (χ0) is 27.2. The maximum atomic E-state index is 14.4. The van der Waals surface area contributed by atoms with Crippen LogP contribution in [0.4, 0.5) is 4.39 Å². The van der Waals surface area contributed by atoms with Gasteiger partial charge in [-0.3, -0.25) is 14.4 Å². The molecule has 11 heteroatoms. The number of alkyl halides is 1. The molecule has 4 atom stereocenters. The van der Waals surface area contributed by atoms with Gasteiger partial charge >= 0.3 is 0 Å². The van der Waals surface area contributed by atoms with Crippen LogP contribution in [-0.4, -0.2) is 66.8 Å². The van der Waals surface area contributed by atoms with Crippen molar-refractivity contribution in [1.29, 1.82) is 5.26 Å². The lowest BCUT2D eigenvalue weighted by Crippen LogP contribution is -2.46. The molecule has 0 radical (unpaired) electrons. The number of nitrogens with zero attached hydrogens (tertiary/aromatic N) is 6. The first-order valence-electron chi connectivity index (χ1n) is 13.0. The molecule has 3 aliphatic heterocycles. The number of aromatic nitrogens is 3. The van der Waals surface area contributed by atoms with Crippen molar-refractivity contribution in [3.8, 4) is 6.07 Å². The second-order valence-electron chi connectivity index (χ2n) is 11.2. The number of carbonyl (C=O) groups is 3. The van der Waals surface area contributed by atoms with Crippen molar-refractivity contribution in [2.24, 2.45) is 5.92 Å². The molecule has 4 heterocycles. The molecule has 1 aromatic heterocycles. The predicted molar refractivity (Wildman–Crippen MR) is 134 cm³/mol. The summed E-state index contributed by atoms with van der Waals surface area (Å²) in [6.07, 6.45) is 2.03. The number of hydrogen-bond donors (Lipinski definition) is 1. The average Bonchev–Trinajstić information content (AvgIpc) is 3.64. The van der Waals surface area contributed by atoms with Crippen molar-refractivity contribution >= 4 is 17.7 Å². The molecule has 3 aliphatic rings. The Kier molecular flexibility index (Phi) is 6.67. The maximum Gasteiger partial charge on any atom is 0.246 e. The normalized spacial score (nSPS) is 26.5. The van der Waals surface area contributed by atoms with Crippen molar-refractivity contribution < 1.29 is 18.8 Å². The lowest BCUT2D eigenvalue weighted by atomic mass is 9.99. The first-order valence-corrected chi connectivity index (χ1v) is 13.0. The van der Waals surface area contributed by atoms with Crippen molar-refractivity contribution in [3.63, 3.8) is 0 Å². The number of rotatable bonds is 6. The molecule has 10 nitrogen and oxygen atoms in total. The average molecular weight is 522 g/mol. The third kappa shape index (κ3) is 4.99. The summed E-state index contributed by atoms with van der Waals surface area (Å²) in [7, 11) is 0. The Hall–Kier alpha value is -3.81. The lowest BCUT2D eigenvalue weighted by molar-refractivity contribution is -0.135. The summed E-state index contributed by atoms with van der Waals surface area (Å²) < 4.78 is 16.3. The third-order valence-corrected chi connectivity index (χ3v) is 7.77. The van der Waals surface area contributed by atoms with Gasteiger partial charge in [-0.1, -0.05) is 37.3 Å². The number of likely N-dealkylation sites (tertiary alicyclic amines) is 1. The van der Waals surface area contributed by atoms with Gasteiger partial charge in [-0.15, -0.1) is 5.10 Å². The van der Waals surface area contributed by atoms with Gasteiger partial charge in [0.15, 0.2) is 0 Å². The first kappa shape index (κ1) is 25.8. The van der Waals surface area contributed by atoms with E-state index in [1.54, 1.807) is 9.58 Å². The molecule has 200 valence electrons. The van der Waals surface area contributed by atoms with Crippen LogP contribution in [0.1, 0.15) is 68.3 Å². The van der Waals surface area contributed by atoms with Crippen molar-refractivity contribution in [1.82, 2.24) is 30.1 Å². The minimum atomic E-state index is -1.64. The van der Waals surface area contributed by atoms with Gasteiger partial charge in [0, 0.05) is 38.0 Å². The lowest BCUT2D eigenvalue weighted by Gasteiger charge is -2.23. The SMILES string of the molecule is CC(C)c1cn(Cc2cccc3c2CN(C(=O)C[C@@H]2C[C@@H](C(=O)N4CC(C)(F)C[C@H]4C#N)NC2=O)C3)nn1. The Morgan fingerprint density at radius 1 is 1.32 bits per heavy atom. The summed E-state index contributed by atoms with van der Waals surface area (Å²) in [5.74, 6) is -1.35. The zero-order valence-electron chi connectivity index (χ0n) is 21.9. The minimum Gasteiger partial charge on any atom is -0.344 e. The molecule has 2 saturated heterocycles. The van der Waals surface area contributed by atoms with E-state index in [2.05, 4.69) is 29.5 Å². The van der Waals surface area contributed by atoms with Gasteiger partial charge in [-0.25, -0.2) is 9.07 Å². The molecule has 2 aromatic rings. The first-order chi connectivity index (χ1) is 18.0. The molecular formula is C27H32FN7O3. The van der Waals surface area contributed by atoms with Crippen molar-refractivity contribution in [3.05, 3.63) is 46.8 Å². The van der Waals surface area contributed by atoms with Gasteiger partial charge in [0.1, 0.15) is 17.8 Å². The van der Waals surface area contributed by atoms with Crippen LogP contribution in [0.5, 0.6) is 0 Å². The van der Waals surface area contributed by atoms with Crippen LogP contribution < -0.4 is 5.32 Å². The standard InChI is InChI=1S/C27H32FN7O3/c1-16(2)23-14-34(32-31-23)12-18-6-4-5-17-11-33(13-21(17)18)24(36)8-19-7-22(30-25(19)37)26(38)35-15-27(3,28)9-20(35)10-29/h4-6,14,16,19-20,22H,7-9,11-13,15H2,1-3H3,(H,30,37)/t19-,20-,22-,27?/m0/s1. The predicted octanol–water partition coefficient (Wildman–Crippen LogP) is 2.04. The zero-order valence-corrected chi connectivity index (χ0v) is 21.9. The summed E-state index contributed by atoms with van der Waals surface area (Å²) in [5.41, 5.74) is 2.50. The van der Waals surface area contributed by atoms with Crippen LogP contribution in [0.15, 0.2) is 24.4 Å². The number of hydrogen-bond acceptors (Lipinski definition) is 6. The third-order valence-electron chi connectivity index (χ3n) is 7.77. The van der Waals surface area contributed by atoms with Gasteiger partial charge in [0.25, 0.3) is 0 Å². The number of amides is 3. The second kappa shape index (κ2) is 9.82. The summed E-state index contributed by atoms with van der Waals surface area (Å²) in [4.78, 5) is 41.8. The Morgan fingerprint density at radius 3 is 2.82 bits per heavy atom. The summed E-state index contributed by atoms with van der Waals surface area (Å²) in [5, 5.41) is 20.5. The quantitative estimate of drug-likeness (QED) is 0.620. The van der Waals surface area contributed by atoms with Crippen LogP contribution in [0, 0.1) is 17.2 Å². The van der Waals surface area contributed by atoms with E-state index in [0.29, 0.717) is 19.6 Å². The summed E-state index contributed by atoms with van der Waals surface area (Å²) in [6.45, 7) is 6.78. The molecule has 0 aliphatic carbocycles. The number of nitriles is 1. The summed E-state index contributed by atoms with van der Waals surface area (Å²) >= 11 is 0. The van der Waals surface area contributed by atoms with Crippen LogP contribution >= 0.6 is 0 Å². The molecule has 0 saturated carbocycles. The molecule has 38 heavy (non-hydrogen) atoms. The highest BCUT2D eigenvalue weighted by atomic mass is 19.1. The number of halogens is 1. The molecular weight excluding hydrogens is 489 g/mol. The van der Waals surface area contributed by atoms with E-state index in [4.69, 9.17) is 0 Å². The Labute approximate surface area is 220 Å². The molecule has 3 amide bonds. The van der Waals surface area contributed by atoms with Crippen LogP contribution in [-0.2, 0) is 34.0 Å². The molecule has 0 spiro atoms. The smallest absolute Gasteiger partial charge is 0.246 e. The highest BCUT2D eigenvalue weighted by molar-refractivity contribution is 5.94. The molecule has 2 fully saturated rings. The molecule has 0 bridgehead atoms. The number of carbonyl (C=O) groups excluding carboxylic acids is 3. The van der Waals surface area contributed by atoms with Gasteiger partial charge in [0.2, 0.25) is 17.7 Å². The molecule has 1 unspecified atom stereocenters. The van der Waals surface area contributed by atoms with E-state index < -0.39 is 29.6 Å². The van der Waals surface area contributed by atoms with Crippen LogP contribution in [0.25, 0.3) is 0 Å². The van der Waals surface area contributed by atoms with Gasteiger partial charge in [-0.2, -0.15) is 5.26 Å². The summed E-state index contributed by atoms with van der Waals surface area (Å²) in [6, 6.07) is 6.27. The minimum absolute atomic E-state index is 0.0116. The fraction of sp³-hybridized carbons (Fsp3) is 0.556. The highest BCUT2D eigenvalue weighted by Crippen LogP contribution is 2.33. The van der Waals surface area contributed by atoms with E-state index >= 15 is 0 Å². The van der Waals surface area contributed by atoms with Gasteiger partial charge in [-0.05, 0) is 36.0 Å². The van der Waals surface area contributed by atoms with Gasteiger partial charge in [0.05, 0.1) is 24.9 Å². The molecule has 1 N–H and O–H groups in total. The van der Waals surface area contributed by atoms with E-state index in [-0.39, 0.29) is 43.5 Å². The van der Waals surface area contributed by atoms with Crippen molar-refractivity contribution in [2.75, 3.05) is 6.54 Å². The fourth-order valence-electron chi connectivity index (χ4n) is 5.65. The van der Waals surface area contributed by atoms with E-state index in [1.165, 1.54) is 11.8 Å².